The molecule has 0 aliphatic carbocycles. The molecule has 122 valence electrons. The predicted molar refractivity (Wildman–Crippen MR) is 83.7 cm³/mol. The lowest BCUT2D eigenvalue weighted by Gasteiger charge is -2.23. The second-order valence-corrected chi connectivity index (χ2v) is 5.69. The van der Waals surface area contributed by atoms with Crippen LogP contribution < -0.4 is 9.47 Å². The van der Waals surface area contributed by atoms with Crippen LogP contribution in [-0.2, 0) is 13.1 Å². The summed E-state index contributed by atoms with van der Waals surface area (Å²) in [5.41, 5.74) is 1.85. The molecule has 23 heavy (non-hydrogen) atoms. The fraction of sp³-hybridized carbons (Fsp3) is 0.333. The van der Waals surface area contributed by atoms with E-state index in [1.165, 1.54) is 0 Å². The van der Waals surface area contributed by atoms with Crippen molar-refractivity contribution in [3.63, 3.8) is 0 Å². The Hall–Kier alpha value is -2.14. The van der Waals surface area contributed by atoms with E-state index >= 15 is 0 Å². The van der Waals surface area contributed by atoms with Crippen LogP contribution in [0.25, 0.3) is 0 Å². The normalized spacial score (nSPS) is 18.2. The fourth-order valence-electron chi connectivity index (χ4n) is 2.88. The van der Waals surface area contributed by atoms with E-state index in [1.807, 2.05) is 43.3 Å². The monoisotopic (exact) mass is 319 g/mol. The zero-order valence-electron chi connectivity index (χ0n) is 12.9. The van der Waals surface area contributed by atoms with Gasteiger partial charge in [-0.2, -0.15) is 8.78 Å². The average Bonchev–Trinajstić information content (AvgIpc) is 2.66. The molecule has 3 nitrogen and oxygen atoms in total. The van der Waals surface area contributed by atoms with Crippen molar-refractivity contribution in [2.75, 3.05) is 6.54 Å². The highest BCUT2D eigenvalue weighted by Crippen LogP contribution is 2.28. The summed E-state index contributed by atoms with van der Waals surface area (Å²) in [7, 11) is 0. The summed E-state index contributed by atoms with van der Waals surface area (Å²) in [6, 6.07) is 14.8. The number of nitrogens with zero attached hydrogens (tertiary/aromatic N) is 1. The summed E-state index contributed by atoms with van der Waals surface area (Å²) in [4.78, 5) is 2.18. The van der Waals surface area contributed by atoms with Gasteiger partial charge in [0.15, 0.2) is 0 Å². The zero-order valence-corrected chi connectivity index (χ0v) is 12.9. The van der Waals surface area contributed by atoms with Crippen LogP contribution in [0.5, 0.6) is 11.5 Å². The minimum Gasteiger partial charge on any atom is -0.489 e. The van der Waals surface area contributed by atoms with Crippen LogP contribution in [0, 0.1) is 0 Å². The molecule has 1 aliphatic rings. The minimum atomic E-state index is -2.82. The van der Waals surface area contributed by atoms with Gasteiger partial charge in [0, 0.05) is 30.8 Å². The molecule has 2 aromatic carbocycles. The number of para-hydroxylation sites is 2. The number of rotatable bonds is 4. The van der Waals surface area contributed by atoms with Gasteiger partial charge in [-0.15, -0.1) is 0 Å². The van der Waals surface area contributed by atoms with E-state index in [-0.39, 0.29) is 11.9 Å². The van der Waals surface area contributed by atoms with E-state index in [0.717, 1.165) is 23.4 Å². The second kappa shape index (κ2) is 6.96. The highest BCUT2D eigenvalue weighted by atomic mass is 19.3. The van der Waals surface area contributed by atoms with E-state index < -0.39 is 6.61 Å². The lowest BCUT2D eigenvalue weighted by molar-refractivity contribution is -0.0508. The molecule has 1 unspecified atom stereocenters. The molecule has 0 saturated heterocycles. The van der Waals surface area contributed by atoms with Gasteiger partial charge in [0.1, 0.15) is 17.6 Å². The van der Waals surface area contributed by atoms with Gasteiger partial charge in [0.2, 0.25) is 0 Å². The Morgan fingerprint density at radius 2 is 1.91 bits per heavy atom. The first-order valence-electron chi connectivity index (χ1n) is 7.61. The van der Waals surface area contributed by atoms with Crippen molar-refractivity contribution in [1.29, 1.82) is 0 Å². The minimum absolute atomic E-state index is 0.0295. The molecule has 0 radical (unpaired) electrons. The number of halogens is 2. The quantitative estimate of drug-likeness (QED) is 0.848. The van der Waals surface area contributed by atoms with E-state index in [9.17, 15) is 8.78 Å². The third-order valence-electron chi connectivity index (χ3n) is 3.79. The van der Waals surface area contributed by atoms with E-state index in [4.69, 9.17) is 4.74 Å². The molecule has 0 bridgehead atoms. The Kier molecular flexibility index (Phi) is 4.76. The molecule has 2 aromatic rings. The molecular weight excluding hydrogens is 300 g/mol. The molecular formula is C18H19F2NO2. The van der Waals surface area contributed by atoms with Crippen LogP contribution in [0.1, 0.15) is 18.1 Å². The third kappa shape index (κ3) is 3.99. The van der Waals surface area contributed by atoms with Gasteiger partial charge >= 0.3 is 6.61 Å². The highest BCUT2D eigenvalue weighted by Gasteiger charge is 2.21. The van der Waals surface area contributed by atoms with Crippen molar-refractivity contribution in [1.82, 2.24) is 4.90 Å². The zero-order chi connectivity index (χ0) is 16.2. The Labute approximate surface area is 134 Å². The molecule has 0 fully saturated rings. The Morgan fingerprint density at radius 3 is 2.74 bits per heavy atom. The summed E-state index contributed by atoms with van der Waals surface area (Å²) >= 11 is 0. The van der Waals surface area contributed by atoms with Crippen LogP contribution in [0.3, 0.4) is 0 Å². The van der Waals surface area contributed by atoms with Crippen molar-refractivity contribution < 1.29 is 18.3 Å². The number of hydrogen-bond donors (Lipinski definition) is 0. The van der Waals surface area contributed by atoms with Gasteiger partial charge < -0.3 is 9.47 Å². The largest absolute Gasteiger partial charge is 0.489 e. The molecule has 3 rings (SSSR count). The van der Waals surface area contributed by atoms with E-state index in [0.29, 0.717) is 13.1 Å². The summed E-state index contributed by atoms with van der Waals surface area (Å²) in [5.74, 6) is 1.12. The van der Waals surface area contributed by atoms with Gasteiger partial charge in [-0.1, -0.05) is 36.4 Å². The fourth-order valence-corrected chi connectivity index (χ4v) is 2.88. The maximum Gasteiger partial charge on any atom is 0.387 e. The lowest BCUT2D eigenvalue weighted by Crippen LogP contribution is -2.30. The molecule has 0 amide bonds. The van der Waals surface area contributed by atoms with E-state index in [2.05, 4.69) is 9.64 Å². The van der Waals surface area contributed by atoms with Crippen LogP contribution in [0.4, 0.5) is 8.78 Å². The van der Waals surface area contributed by atoms with Crippen LogP contribution >= 0.6 is 0 Å². The van der Waals surface area contributed by atoms with Crippen molar-refractivity contribution in [2.45, 2.75) is 32.7 Å². The first kappa shape index (κ1) is 15.7. The van der Waals surface area contributed by atoms with Crippen LogP contribution in [0.2, 0.25) is 0 Å². The molecule has 0 N–H and O–H groups in total. The van der Waals surface area contributed by atoms with Crippen molar-refractivity contribution in [3.05, 3.63) is 59.7 Å². The van der Waals surface area contributed by atoms with Gasteiger partial charge in [0.25, 0.3) is 0 Å². The first-order valence-corrected chi connectivity index (χ1v) is 7.61. The van der Waals surface area contributed by atoms with Gasteiger partial charge in [-0.05, 0) is 19.1 Å². The number of benzene rings is 2. The topological polar surface area (TPSA) is 21.7 Å². The summed E-state index contributed by atoms with van der Waals surface area (Å²) in [6.45, 7) is 1.16. The molecule has 1 atom stereocenters. The average molecular weight is 319 g/mol. The van der Waals surface area contributed by atoms with E-state index in [1.54, 1.807) is 12.1 Å². The van der Waals surface area contributed by atoms with Crippen molar-refractivity contribution in [2.24, 2.45) is 0 Å². The molecule has 1 heterocycles. The number of alkyl halides is 2. The summed E-state index contributed by atoms with van der Waals surface area (Å²) < 4.78 is 35.6. The molecule has 1 aliphatic heterocycles. The van der Waals surface area contributed by atoms with Crippen molar-refractivity contribution >= 4 is 0 Å². The van der Waals surface area contributed by atoms with Gasteiger partial charge in [-0.25, -0.2) is 0 Å². The summed E-state index contributed by atoms with van der Waals surface area (Å²) in [5, 5.41) is 0. The number of ether oxygens (including phenoxy) is 2. The van der Waals surface area contributed by atoms with Gasteiger partial charge in [-0.3, -0.25) is 4.90 Å². The smallest absolute Gasteiger partial charge is 0.387 e. The maximum atomic E-state index is 12.5. The molecule has 5 heteroatoms. The second-order valence-electron chi connectivity index (χ2n) is 5.69. The molecule has 0 spiro atoms. The number of fused-ring (bicyclic) bond motifs is 1. The number of hydrogen-bond acceptors (Lipinski definition) is 3. The Bertz CT molecular complexity index is 663. The maximum absolute atomic E-state index is 12.5. The third-order valence-corrected chi connectivity index (χ3v) is 3.79. The van der Waals surface area contributed by atoms with Gasteiger partial charge in [0.05, 0.1) is 0 Å². The SMILES string of the molecule is CC1CN(Cc2ccccc2OC(F)F)Cc2ccccc2O1. The standard InChI is InChI=1S/C18H19F2NO2/c1-13-10-21(11-14-6-2-4-8-16(14)22-13)12-15-7-3-5-9-17(15)23-18(19)20/h2-9,13,18H,10-12H2,1H3. The Balaban J connectivity index is 1.80. The van der Waals surface area contributed by atoms with Crippen LogP contribution in [-0.4, -0.2) is 24.2 Å². The summed E-state index contributed by atoms with van der Waals surface area (Å²) in [6.07, 6.45) is 0.0295. The molecule has 0 aromatic heterocycles. The Morgan fingerprint density at radius 1 is 1.17 bits per heavy atom. The molecule has 0 saturated carbocycles. The van der Waals surface area contributed by atoms with Crippen LogP contribution in [0.15, 0.2) is 48.5 Å². The predicted octanol–water partition coefficient (Wildman–Crippen LogP) is 4.07. The van der Waals surface area contributed by atoms with Crippen molar-refractivity contribution in [3.8, 4) is 11.5 Å². The first-order chi connectivity index (χ1) is 11.1. The highest BCUT2D eigenvalue weighted by molar-refractivity contribution is 5.36. The lowest BCUT2D eigenvalue weighted by atomic mass is 10.1.